The van der Waals surface area contributed by atoms with E-state index in [0.717, 1.165) is 28.6 Å². The van der Waals surface area contributed by atoms with Crippen LogP contribution in [0.3, 0.4) is 0 Å². The van der Waals surface area contributed by atoms with Crippen LogP contribution >= 0.6 is 11.6 Å². The Balaban J connectivity index is 1.77. The van der Waals surface area contributed by atoms with Crippen molar-refractivity contribution in [2.75, 3.05) is 0 Å². The second kappa shape index (κ2) is 9.54. The van der Waals surface area contributed by atoms with E-state index in [1.807, 2.05) is 97.9 Å². The van der Waals surface area contributed by atoms with Crippen LogP contribution in [0, 0.1) is 0 Å². The van der Waals surface area contributed by atoms with Crippen LogP contribution in [0.4, 0.5) is 0 Å². The topological polar surface area (TPSA) is 47.0 Å². The number of halogens is 1. The molecule has 1 aromatic heterocycles. The molecule has 31 heavy (non-hydrogen) atoms. The number of benzene rings is 3. The summed E-state index contributed by atoms with van der Waals surface area (Å²) < 4.78 is 7.63. The van der Waals surface area contributed by atoms with E-state index in [1.54, 1.807) is 4.68 Å². The van der Waals surface area contributed by atoms with E-state index in [4.69, 9.17) is 16.3 Å². The van der Waals surface area contributed by atoms with E-state index >= 15 is 0 Å². The van der Waals surface area contributed by atoms with Crippen molar-refractivity contribution in [1.29, 1.82) is 0 Å². The molecule has 0 unspecified atom stereocenters. The van der Waals surface area contributed by atoms with E-state index in [0.29, 0.717) is 22.6 Å². The number of aromatic nitrogens is 2. The molecule has 0 aliphatic heterocycles. The van der Waals surface area contributed by atoms with E-state index < -0.39 is 0 Å². The van der Waals surface area contributed by atoms with Crippen molar-refractivity contribution in [3.8, 4) is 11.4 Å². The van der Waals surface area contributed by atoms with Crippen molar-refractivity contribution >= 4 is 23.8 Å². The van der Waals surface area contributed by atoms with Gasteiger partial charge in [0.05, 0.1) is 16.3 Å². The summed E-state index contributed by atoms with van der Waals surface area (Å²) in [5, 5.41) is 5.28. The third-order valence-electron chi connectivity index (χ3n) is 4.94. The van der Waals surface area contributed by atoms with E-state index in [-0.39, 0.29) is 5.56 Å². The molecular formula is C26H23ClN2O2. The van der Waals surface area contributed by atoms with E-state index in [1.165, 1.54) is 0 Å². The Kier molecular flexibility index (Phi) is 6.39. The van der Waals surface area contributed by atoms with Gasteiger partial charge in [0, 0.05) is 16.1 Å². The molecule has 0 fully saturated rings. The lowest BCUT2D eigenvalue weighted by Gasteiger charge is -2.10. The molecule has 5 heteroatoms. The number of hydrogen-bond donors (Lipinski definition) is 1. The number of rotatable bonds is 6. The van der Waals surface area contributed by atoms with Crippen LogP contribution in [0.5, 0.6) is 5.75 Å². The molecule has 0 spiro atoms. The number of hydrogen-bond acceptors (Lipinski definition) is 2. The molecule has 0 amide bonds. The summed E-state index contributed by atoms with van der Waals surface area (Å²) in [7, 11) is 0. The van der Waals surface area contributed by atoms with Crippen LogP contribution < -0.4 is 20.9 Å². The molecule has 1 heterocycles. The van der Waals surface area contributed by atoms with Gasteiger partial charge in [-0.05, 0) is 36.8 Å². The summed E-state index contributed by atoms with van der Waals surface area (Å²) >= 11 is 6.26. The lowest BCUT2D eigenvalue weighted by atomic mass is 10.1. The first-order valence-corrected chi connectivity index (χ1v) is 10.6. The smallest absolute Gasteiger partial charge is 0.279 e. The number of nitrogens with one attached hydrogen (secondary N) is 1. The fourth-order valence-electron chi connectivity index (χ4n) is 3.38. The maximum absolute atomic E-state index is 13.2. The Hall–Kier alpha value is -3.50. The van der Waals surface area contributed by atoms with E-state index in [9.17, 15) is 4.79 Å². The summed E-state index contributed by atoms with van der Waals surface area (Å²) in [6, 6.07) is 24.8. The highest BCUT2D eigenvalue weighted by Crippen LogP contribution is 2.22. The summed E-state index contributed by atoms with van der Waals surface area (Å²) in [5.74, 6) is 0.691. The molecule has 0 bridgehead atoms. The van der Waals surface area contributed by atoms with E-state index in [2.05, 4.69) is 5.10 Å². The van der Waals surface area contributed by atoms with Gasteiger partial charge in [-0.2, -0.15) is 0 Å². The van der Waals surface area contributed by atoms with Gasteiger partial charge in [-0.15, -0.1) is 0 Å². The SMILES string of the molecule is CCC=c1[nH]n(-c2ccccc2)c(=O)c1=Cc1ccccc1OCc1ccccc1Cl. The second-order valence-corrected chi connectivity index (χ2v) is 7.50. The van der Waals surface area contributed by atoms with Crippen molar-refractivity contribution in [3.63, 3.8) is 0 Å². The molecule has 156 valence electrons. The third-order valence-corrected chi connectivity index (χ3v) is 5.31. The fraction of sp³-hybridized carbons (Fsp3) is 0.115. The highest BCUT2D eigenvalue weighted by molar-refractivity contribution is 6.31. The standard InChI is InChI=1S/C26H23ClN2O2/c1-2-10-24-22(26(30)29(28-24)21-13-4-3-5-14-21)17-19-11-7-9-16-25(19)31-18-20-12-6-8-15-23(20)27/h3-17,28H,2,18H2,1H3. The van der Waals surface area contributed by atoms with Gasteiger partial charge < -0.3 is 4.74 Å². The Morgan fingerprint density at radius 3 is 2.45 bits per heavy atom. The van der Waals surface area contributed by atoms with Gasteiger partial charge >= 0.3 is 0 Å². The van der Waals surface area contributed by atoms with Crippen molar-refractivity contribution in [3.05, 3.63) is 116 Å². The zero-order valence-electron chi connectivity index (χ0n) is 17.2. The maximum Gasteiger partial charge on any atom is 0.279 e. The van der Waals surface area contributed by atoms with Crippen LogP contribution in [0.25, 0.3) is 17.8 Å². The quantitative estimate of drug-likeness (QED) is 0.492. The lowest BCUT2D eigenvalue weighted by molar-refractivity contribution is 0.305. The van der Waals surface area contributed by atoms with Crippen LogP contribution in [-0.4, -0.2) is 9.78 Å². The highest BCUT2D eigenvalue weighted by atomic mass is 35.5. The summed E-state index contributed by atoms with van der Waals surface area (Å²) in [6.45, 7) is 2.39. The predicted octanol–water partition coefficient (Wildman–Crippen LogP) is 4.42. The van der Waals surface area contributed by atoms with Gasteiger partial charge in [0.15, 0.2) is 0 Å². The molecule has 0 aliphatic carbocycles. The van der Waals surface area contributed by atoms with Crippen molar-refractivity contribution in [2.24, 2.45) is 0 Å². The van der Waals surface area contributed by atoms with Crippen molar-refractivity contribution in [2.45, 2.75) is 20.0 Å². The minimum absolute atomic E-state index is 0.105. The Morgan fingerprint density at radius 2 is 1.68 bits per heavy atom. The van der Waals surface area contributed by atoms with Crippen molar-refractivity contribution < 1.29 is 4.74 Å². The number of ether oxygens (including phenoxy) is 1. The van der Waals surface area contributed by atoms with Crippen LogP contribution in [0.2, 0.25) is 5.02 Å². The molecule has 0 aliphatic rings. The molecule has 4 nitrogen and oxygen atoms in total. The first kappa shape index (κ1) is 20.8. The fourth-order valence-corrected chi connectivity index (χ4v) is 3.57. The third kappa shape index (κ3) is 4.65. The number of para-hydroxylation sites is 2. The maximum atomic E-state index is 13.2. The second-order valence-electron chi connectivity index (χ2n) is 7.09. The first-order chi connectivity index (χ1) is 15.2. The highest BCUT2D eigenvalue weighted by Gasteiger charge is 2.08. The average Bonchev–Trinajstić information content (AvgIpc) is 3.10. The van der Waals surface area contributed by atoms with Gasteiger partial charge in [-0.3, -0.25) is 9.89 Å². The molecule has 0 atom stereocenters. The van der Waals surface area contributed by atoms with Gasteiger partial charge in [0.2, 0.25) is 0 Å². The Morgan fingerprint density at radius 1 is 0.968 bits per heavy atom. The molecule has 4 rings (SSSR count). The molecular weight excluding hydrogens is 408 g/mol. The molecule has 3 aromatic carbocycles. The number of H-pyrrole nitrogens is 1. The largest absolute Gasteiger partial charge is 0.488 e. The summed E-state index contributed by atoms with van der Waals surface area (Å²) in [6.07, 6.45) is 4.70. The average molecular weight is 431 g/mol. The molecule has 1 N–H and O–H groups in total. The normalized spacial score (nSPS) is 12.3. The molecule has 0 saturated carbocycles. The minimum atomic E-state index is -0.105. The zero-order valence-corrected chi connectivity index (χ0v) is 18.0. The van der Waals surface area contributed by atoms with Crippen LogP contribution in [0.15, 0.2) is 83.7 Å². The molecule has 0 saturated heterocycles. The first-order valence-electron chi connectivity index (χ1n) is 10.2. The van der Waals surface area contributed by atoms with Gasteiger partial charge in [0.1, 0.15) is 12.4 Å². The minimum Gasteiger partial charge on any atom is -0.488 e. The monoisotopic (exact) mass is 430 g/mol. The number of nitrogens with zero attached hydrogens (tertiary/aromatic N) is 1. The lowest BCUT2D eigenvalue weighted by Crippen LogP contribution is -2.34. The van der Waals surface area contributed by atoms with Crippen molar-refractivity contribution in [1.82, 2.24) is 9.78 Å². The summed E-state index contributed by atoms with van der Waals surface area (Å²) in [5.41, 5.74) is 2.43. The summed E-state index contributed by atoms with van der Waals surface area (Å²) in [4.78, 5) is 13.2. The van der Waals surface area contributed by atoms with Crippen LogP contribution in [-0.2, 0) is 6.61 Å². The Labute approximate surface area is 185 Å². The zero-order chi connectivity index (χ0) is 21.6. The van der Waals surface area contributed by atoms with Gasteiger partial charge in [-0.1, -0.05) is 79.2 Å². The predicted molar refractivity (Wildman–Crippen MR) is 126 cm³/mol. The van der Waals surface area contributed by atoms with Gasteiger partial charge in [0.25, 0.3) is 5.56 Å². The molecule has 4 aromatic rings. The number of aromatic amines is 1. The Bertz CT molecular complexity index is 1350. The van der Waals surface area contributed by atoms with Gasteiger partial charge in [-0.25, -0.2) is 4.68 Å². The molecule has 0 radical (unpaired) electrons. The van der Waals surface area contributed by atoms with Crippen LogP contribution in [0.1, 0.15) is 24.5 Å².